The highest BCUT2D eigenvalue weighted by atomic mass is 15.1. The van der Waals surface area contributed by atoms with Crippen molar-refractivity contribution >= 4 is 18.1 Å². The summed E-state index contributed by atoms with van der Waals surface area (Å²) in [5.41, 5.74) is 1.25. The molecule has 0 saturated carbocycles. The van der Waals surface area contributed by atoms with Gasteiger partial charge >= 0.3 is 0 Å². The third-order valence-corrected chi connectivity index (χ3v) is 2.91. The molecular weight excluding hydrogens is 222 g/mol. The van der Waals surface area contributed by atoms with E-state index in [1.807, 2.05) is 18.2 Å². The van der Waals surface area contributed by atoms with Gasteiger partial charge in [-0.1, -0.05) is 48.6 Å². The van der Waals surface area contributed by atoms with E-state index in [9.17, 15) is 0 Å². The highest BCUT2D eigenvalue weighted by molar-refractivity contribution is 5.43. The Bertz CT molecular complexity index is 666. The molecule has 1 aliphatic carbocycles. The van der Waals surface area contributed by atoms with Crippen LogP contribution in [-0.2, 0) is 6.54 Å². The van der Waals surface area contributed by atoms with Gasteiger partial charge in [0.05, 0.1) is 10.7 Å². The number of nitrogens with zero attached hydrogens (tertiary/aromatic N) is 1. The number of nitrogens with one attached hydrogen (secondary N) is 2. The van der Waals surface area contributed by atoms with Crippen molar-refractivity contribution in [2.45, 2.75) is 13.0 Å². The highest BCUT2D eigenvalue weighted by Gasteiger charge is 1.99. The normalized spacial score (nSPS) is 13.1. The van der Waals surface area contributed by atoms with Crippen LogP contribution in [0.4, 0.5) is 5.95 Å². The number of allylic oxidation sites excluding steroid dienone is 2. The number of fused-ring (bicyclic) bond motifs is 1. The van der Waals surface area contributed by atoms with E-state index >= 15 is 0 Å². The van der Waals surface area contributed by atoms with Gasteiger partial charge in [-0.2, -0.15) is 0 Å². The molecule has 2 N–H and O–H groups in total. The van der Waals surface area contributed by atoms with Crippen LogP contribution in [0.2, 0.25) is 0 Å². The Hall–Kier alpha value is -2.29. The number of anilines is 1. The summed E-state index contributed by atoms with van der Waals surface area (Å²) in [6.07, 6.45) is 9.29. The summed E-state index contributed by atoms with van der Waals surface area (Å²) < 4.78 is 0. The Morgan fingerprint density at radius 1 is 1.22 bits per heavy atom. The van der Waals surface area contributed by atoms with Crippen LogP contribution < -0.4 is 16.0 Å². The van der Waals surface area contributed by atoms with Crippen LogP contribution in [0.1, 0.15) is 12.0 Å². The van der Waals surface area contributed by atoms with Crippen molar-refractivity contribution < 1.29 is 0 Å². The van der Waals surface area contributed by atoms with E-state index in [4.69, 9.17) is 0 Å². The molecular formula is C15H15N3. The minimum Gasteiger partial charge on any atom is -0.352 e. The standard InChI is InChI=1S/C15H15N3/c1-3-7-12(8-4-1)11-16-15-17-13-9-5-2-6-10-14(13)18-15/h1-5,7-10H,6,11H2,(H2,16,17,18). The second kappa shape index (κ2) is 4.92. The molecule has 0 fully saturated rings. The smallest absolute Gasteiger partial charge is 0.201 e. The third kappa shape index (κ3) is 2.35. The molecule has 1 aliphatic rings. The summed E-state index contributed by atoms with van der Waals surface area (Å²) in [6, 6.07) is 10.3. The van der Waals surface area contributed by atoms with E-state index in [-0.39, 0.29) is 0 Å². The number of aromatic nitrogens is 2. The molecule has 0 aliphatic heterocycles. The third-order valence-electron chi connectivity index (χ3n) is 2.91. The number of rotatable bonds is 3. The van der Waals surface area contributed by atoms with Crippen LogP contribution in [0, 0.1) is 0 Å². The molecule has 3 nitrogen and oxygen atoms in total. The fraction of sp³-hybridized carbons (Fsp3) is 0.133. The Morgan fingerprint density at radius 3 is 3.00 bits per heavy atom. The molecule has 0 amide bonds. The van der Waals surface area contributed by atoms with Crippen LogP contribution >= 0.6 is 0 Å². The van der Waals surface area contributed by atoms with Crippen LogP contribution in [0.5, 0.6) is 0 Å². The lowest BCUT2D eigenvalue weighted by Gasteiger charge is -2.01. The maximum atomic E-state index is 4.53. The molecule has 0 radical (unpaired) electrons. The minimum atomic E-state index is 0.781. The maximum absolute atomic E-state index is 4.53. The molecule has 3 heteroatoms. The van der Waals surface area contributed by atoms with Crippen molar-refractivity contribution in [3.63, 3.8) is 0 Å². The summed E-state index contributed by atoms with van der Waals surface area (Å²) in [4.78, 5) is 7.82. The summed E-state index contributed by atoms with van der Waals surface area (Å²) in [5.74, 6) is 0.826. The van der Waals surface area contributed by atoms with Crippen LogP contribution in [0.15, 0.2) is 42.5 Å². The minimum absolute atomic E-state index is 0.781. The fourth-order valence-corrected chi connectivity index (χ4v) is 1.97. The van der Waals surface area contributed by atoms with Crippen molar-refractivity contribution in [3.8, 4) is 0 Å². The number of hydrogen-bond donors (Lipinski definition) is 2. The molecule has 0 saturated heterocycles. The van der Waals surface area contributed by atoms with E-state index < -0.39 is 0 Å². The van der Waals surface area contributed by atoms with E-state index in [1.54, 1.807) is 0 Å². The van der Waals surface area contributed by atoms with E-state index in [2.05, 4.69) is 51.7 Å². The Labute approximate surface area is 106 Å². The zero-order valence-corrected chi connectivity index (χ0v) is 10.1. The molecule has 0 unspecified atom stereocenters. The lowest BCUT2D eigenvalue weighted by atomic mass is 10.2. The molecule has 0 atom stereocenters. The number of benzene rings is 1. The maximum Gasteiger partial charge on any atom is 0.201 e. The number of aromatic amines is 1. The average molecular weight is 237 g/mol. The van der Waals surface area contributed by atoms with Crippen molar-refractivity contribution in [2.75, 3.05) is 5.32 Å². The SMILES string of the molecule is C1=CCC=c2nc(NCc3ccccc3)[nH]c2=C1. The number of hydrogen-bond acceptors (Lipinski definition) is 2. The van der Waals surface area contributed by atoms with Gasteiger partial charge < -0.3 is 10.3 Å². The van der Waals surface area contributed by atoms with Gasteiger partial charge in [0.15, 0.2) is 0 Å². The first kappa shape index (κ1) is 10.8. The van der Waals surface area contributed by atoms with Crippen LogP contribution in [0.25, 0.3) is 12.2 Å². The topological polar surface area (TPSA) is 40.7 Å². The zero-order valence-electron chi connectivity index (χ0n) is 10.1. The summed E-state index contributed by atoms with van der Waals surface area (Å²) in [7, 11) is 0. The molecule has 1 aromatic heterocycles. The lowest BCUT2D eigenvalue weighted by Crippen LogP contribution is -2.23. The van der Waals surface area contributed by atoms with Gasteiger partial charge in [-0.25, -0.2) is 4.98 Å². The Kier molecular flexibility index (Phi) is 2.96. The fourth-order valence-electron chi connectivity index (χ4n) is 1.97. The zero-order chi connectivity index (χ0) is 12.2. The van der Waals surface area contributed by atoms with E-state index in [1.165, 1.54) is 5.56 Å². The van der Waals surface area contributed by atoms with Crippen molar-refractivity contribution in [1.29, 1.82) is 0 Å². The quantitative estimate of drug-likeness (QED) is 0.850. The second-order valence-corrected chi connectivity index (χ2v) is 4.26. The lowest BCUT2D eigenvalue weighted by molar-refractivity contribution is 1.09. The number of H-pyrrole nitrogens is 1. The first-order chi connectivity index (χ1) is 8.92. The van der Waals surface area contributed by atoms with E-state index in [0.717, 1.165) is 29.6 Å². The van der Waals surface area contributed by atoms with Crippen LogP contribution in [-0.4, -0.2) is 9.97 Å². The molecule has 18 heavy (non-hydrogen) atoms. The molecule has 0 bridgehead atoms. The van der Waals surface area contributed by atoms with Crippen molar-refractivity contribution in [2.24, 2.45) is 0 Å². The van der Waals surface area contributed by atoms with Crippen LogP contribution in [0.3, 0.4) is 0 Å². The average Bonchev–Trinajstić information content (AvgIpc) is 2.68. The van der Waals surface area contributed by atoms with Gasteiger partial charge in [0, 0.05) is 6.54 Å². The van der Waals surface area contributed by atoms with Gasteiger partial charge in [0.2, 0.25) is 5.95 Å². The second-order valence-electron chi connectivity index (χ2n) is 4.26. The summed E-state index contributed by atoms with van der Waals surface area (Å²) in [5, 5.41) is 5.40. The monoisotopic (exact) mass is 237 g/mol. The Balaban J connectivity index is 1.79. The molecule has 1 aromatic carbocycles. The highest BCUT2D eigenvalue weighted by Crippen LogP contribution is 2.01. The predicted molar refractivity (Wildman–Crippen MR) is 74.3 cm³/mol. The van der Waals surface area contributed by atoms with Gasteiger partial charge in [0.25, 0.3) is 0 Å². The van der Waals surface area contributed by atoms with Crippen molar-refractivity contribution in [3.05, 3.63) is 58.7 Å². The van der Waals surface area contributed by atoms with Gasteiger partial charge in [-0.3, -0.25) is 0 Å². The van der Waals surface area contributed by atoms with Gasteiger partial charge in [-0.05, 0) is 18.1 Å². The predicted octanol–water partition coefficient (Wildman–Crippen LogP) is 1.54. The van der Waals surface area contributed by atoms with E-state index in [0.29, 0.717) is 0 Å². The van der Waals surface area contributed by atoms with Gasteiger partial charge in [-0.15, -0.1) is 0 Å². The molecule has 3 rings (SSSR count). The number of imidazole rings is 1. The molecule has 2 aromatic rings. The Morgan fingerprint density at radius 2 is 2.11 bits per heavy atom. The van der Waals surface area contributed by atoms with Crippen molar-refractivity contribution in [1.82, 2.24) is 9.97 Å². The molecule has 90 valence electrons. The molecule has 0 spiro atoms. The molecule has 1 heterocycles. The summed E-state index contributed by atoms with van der Waals surface area (Å²) >= 11 is 0. The summed E-state index contributed by atoms with van der Waals surface area (Å²) in [6.45, 7) is 0.781. The van der Waals surface area contributed by atoms with Gasteiger partial charge in [0.1, 0.15) is 0 Å². The first-order valence-corrected chi connectivity index (χ1v) is 6.13. The largest absolute Gasteiger partial charge is 0.352 e. The first-order valence-electron chi connectivity index (χ1n) is 6.13.